The molecule has 1 aromatic carbocycles. The highest BCUT2D eigenvalue weighted by molar-refractivity contribution is 5.71. The zero-order chi connectivity index (χ0) is 15.2. The second-order valence-corrected chi connectivity index (χ2v) is 4.07. The Balaban J connectivity index is 2.48. The SMILES string of the molecule is CCOC(=O)CNCC(O)c1ccc(C(F)(F)F)cc1. The molecule has 0 aliphatic heterocycles. The average molecular weight is 291 g/mol. The van der Waals surface area contributed by atoms with Gasteiger partial charge >= 0.3 is 12.1 Å². The molecule has 0 spiro atoms. The first-order chi connectivity index (χ1) is 9.34. The fraction of sp³-hybridized carbons (Fsp3) is 0.462. The summed E-state index contributed by atoms with van der Waals surface area (Å²) < 4.78 is 41.8. The molecule has 0 saturated heterocycles. The fourth-order valence-electron chi connectivity index (χ4n) is 1.54. The van der Waals surface area contributed by atoms with Crippen LogP contribution < -0.4 is 5.32 Å². The number of rotatable bonds is 6. The third-order valence-electron chi connectivity index (χ3n) is 2.54. The molecular weight excluding hydrogens is 275 g/mol. The number of esters is 1. The van der Waals surface area contributed by atoms with Crippen molar-refractivity contribution in [1.82, 2.24) is 5.32 Å². The van der Waals surface area contributed by atoms with E-state index < -0.39 is 23.8 Å². The normalized spacial score (nSPS) is 13.1. The molecule has 0 aliphatic carbocycles. The van der Waals surface area contributed by atoms with E-state index >= 15 is 0 Å². The Morgan fingerprint density at radius 2 is 1.95 bits per heavy atom. The van der Waals surface area contributed by atoms with Crippen molar-refractivity contribution in [3.05, 3.63) is 35.4 Å². The molecule has 0 heterocycles. The summed E-state index contributed by atoms with van der Waals surface area (Å²) in [5.41, 5.74) is -0.428. The molecule has 0 saturated carbocycles. The largest absolute Gasteiger partial charge is 0.465 e. The van der Waals surface area contributed by atoms with Crippen LogP contribution in [0.5, 0.6) is 0 Å². The number of aliphatic hydroxyl groups excluding tert-OH is 1. The Morgan fingerprint density at radius 1 is 1.35 bits per heavy atom. The first-order valence-corrected chi connectivity index (χ1v) is 6.06. The molecule has 2 N–H and O–H groups in total. The topological polar surface area (TPSA) is 58.6 Å². The Bertz CT molecular complexity index is 431. The zero-order valence-electron chi connectivity index (χ0n) is 10.9. The molecule has 1 unspecified atom stereocenters. The third-order valence-corrected chi connectivity index (χ3v) is 2.54. The lowest BCUT2D eigenvalue weighted by molar-refractivity contribution is -0.142. The highest BCUT2D eigenvalue weighted by Crippen LogP contribution is 2.29. The minimum Gasteiger partial charge on any atom is -0.465 e. The van der Waals surface area contributed by atoms with Gasteiger partial charge < -0.3 is 15.2 Å². The van der Waals surface area contributed by atoms with Crippen molar-refractivity contribution in [1.29, 1.82) is 0 Å². The number of hydrogen-bond donors (Lipinski definition) is 2. The summed E-state index contributed by atoms with van der Waals surface area (Å²) >= 11 is 0. The van der Waals surface area contributed by atoms with E-state index in [9.17, 15) is 23.1 Å². The van der Waals surface area contributed by atoms with Crippen LogP contribution in [-0.4, -0.2) is 30.8 Å². The first kappa shape index (κ1) is 16.5. The van der Waals surface area contributed by atoms with Crippen molar-refractivity contribution in [2.45, 2.75) is 19.2 Å². The first-order valence-electron chi connectivity index (χ1n) is 6.06. The van der Waals surface area contributed by atoms with Gasteiger partial charge in [0.15, 0.2) is 0 Å². The molecule has 1 rings (SSSR count). The molecule has 0 fully saturated rings. The predicted molar refractivity (Wildman–Crippen MR) is 65.9 cm³/mol. The van der Waals surface area contributed by atoms with Crippen LogP contribution in [0.4, 0.5) is 13.2 Å². The highest BCUT2D eigenvalue weighted by atomic mass is 19.4. The van der Waals surface area contributed by atoms with Gasteiger partial charge in [-0.3, -0.25) is 4.79 Å². The molecule has 0 amide bonds. The van der Waals surface area contributed by atoms with E-state index in [1.54, 1.807) is 6.92 Å². The lowest BCUT2D eigenvalue weighted by Crippen LogP contribution is -2.28. The minimum atomic E-state index is -4.40. The Hall–Kier alpha value is -1.60. The number of hydrogen-bond acceptors (Lipinski definition) is 4. The lowest BCUT2D eigenvalue weighted by atomic mass is 10.1. The van der Waals surface area contributed by atoms with Crippen LogP contribution in [-0.2, 0) is 15.7 Å². The van der Waals surface area contributed by atoms with Crippen molar-refractivity contribution in [3.8, 4) is 0 Å². The molecule has 1 atom stereocenters. The molecule has 1 aromatic rings. The van der Waals surface area contributed by atoms with Crippen LogP contribution in [0.3, 0.4) is 0 Å². The number of ether oxygens (including phenoxy) is 1. The van der Waals surface area contributed by atoms with Gasteiger partial charge in [-0.1, -0.05) is 12.1 Å². The Kier molecular flexibility index (Phi) is 5.97. The maximum atomic E-state index is 12.4. The van der Waals surface area contributed by atoms with Crippen LogP contribution in [0.25, 0.3) is 0 Å². The molecule has 20 heavy (non-hydrogen) atoms. The maximum absolute atomic E-state index is 12.4. The molecule has 7 heteroatoms. The van der Waals surface area contributed by atoms with Crippen molar-refractivity contribution < 1.29 is 27.8 Å². The lowest BCUT2D eigenvalue weighted by Gasteiger charge is -2.13. The molecular formula is C13H16F3NO3. The summed E-state index contributed by atoms with van der Waals surface area (Å²) in [6.07, 6.45) is -5.39. The van der Waals surface area contributed by atoms with Crippen LogP contribution >= 0.6 is 0 Å². The van der Waals surface area contributed by atoms with E-state index in [-0.39, 0.29) is 19.7 Å². The summed E-state index contributed by atoms with van der Waals surface area (Å²) in [5, 5.41) is 12.4. The molecule has 0 bridgehead atoms. The summed E-state index contributed by atoms with van der Waals surface area (Å²) in [5.74, 6) is -0.452. The number of aliphatic hydroxyl groups is 1. The number of benzene rings is 1. The van der Waals surface area contributed by atoms with Gasteiger partial charge in [0, 0.05) is 6.54 Å². The van der Waals surface area contributed by atoms with Gasteiger partial charge in [-0.15, -0.1) is 0 Å². The monoisotopic (exact) mass is 291 g/mol. The van der Waals surface area contributed by atoms with E-state index in [0.717, 1.165) is 12.1 Å². The van der Waals surface area contributed by atoms with E-state index in [0.29, 0.717) is 5.56 Å². The molecule has 112 valence electrons. The number of alkyl halides is 3. The second kappa shape index (κ2) is 7.25. The van der Waals surface area contributed by atoms with Gasteiger partial charge in [0.2, 0.25) is 0 Å². The third kappa shape index (κ3) is 5.18. The van der Waals surface area contributed by atoms with Crippen LogP contribution in [0, 0.1) is 0 Å². The van der Waals surface area contributed by atoms with E-state index in [1.165, 1.54) is 12.1 Å². The highest BCUT2D eigenvalue weighted by Gasteiger charge is 2.30. The van der Waals surface area contributed by atoms with E-state index in [1.807, 2.05) is 0 Å². The summed E-state index contributed by atoms with van der Waals surface area (Å²) in [4.78, 5) is 11.0. The Morgan fingerprint density at radius 3 is 2.45 bits per heavy atom. The van der Waals surface area contributed by atoms with Crippen molar-refractivity contribution in [2.75, 3.05) is 19.7 Å². The van der Waals surface area contributed by atoms with Crippen LogP contribution in [0.1, 0.15) is 24.2 Å². The summed E-state index contributed by atoms with van der Waals surface area (Å²) in [6.45, 7) is 1.92. The summed E-state index contributed by atoms with van der Waals surface area (Å²) in [6, 6.07) is 4.23. The second-order valence-electron chi connectivity index (χ2n) is 4.07. The van der Waals surface area contributed by atoms with Crippen LogP contribution in [0.15, 0.2) is 24.3 Å². The number of carbonyl (C=O) groups is 1. The Labute approximate surface area is 114 Å². The molecule has 0 aliphatic rings. The van der Waals surface area contributed by atoms with Crippen LogP contribution in [0.2, 0.25) is 0 Å². The molecule has 4 nitrogen and oxygen atoms in total. The van der Waals surface area contributed by atoms with Gasteiger partial charge in [-0.2, -0.15) is 13.2 Å². The van der Waals surface area contributed by atoms with Gasteiger partial charge in [0.1, 0.15) is 0 Å². The summed E-state index contributed by atoms with van der Waals surface area (Å²) in [7, 11) is 0. The van der Waals surface area contributed by atoms with Gasteiger partial charge in [0.05, 0.1) is 24.8 Å². The standard InChI is InChI=1S/C13H16F3NO3/c1-2-20-12(19)8-17-7-11(18)9-3-5-10(6-4-9)13(14,15)16/h3-6,11,17-18H,2,7-8H2,1H3. The van der Waals surface area contributed by atoms with Crippen molar-refractivity contribution >= 4 is 5.97 Å². The van der Waals surface area contributed by atoms with Crippen molar-refractivity contribution in [2.24, 2.45) is 0 Å². The van der Waals surface area contributed by atoms with Gasteiger partial charge in [0.25, 0.3) is 0 Å². The van der Waals surface area contributed by atoms with E-state index in [4.69, 9.17) is 0 Å². The number of halogens is 3. The smallest absolute Gasteiger partial charge is 0.416 e. The maximum Gasteiger partial charge on any atom is 0.416 e. The average Bonchev–Trinajstić information content (AvgIpc) is 2.38. The number of nitrogens with one attached hydrogen (secondary N) is 1. The molecule has 0 radical (unpaired) electrons. The molecule has 0 aromatic heterocycles. The predicted octanol–water partition coefficient (Wildman–Crippen LogP) is 1.89. The minimum absolute atomic E-state index is 0.0458. The quantitative estimate of drug-likeness (QED) is 0.786. The van der Waals surface area contributed by atoms with Gasteiger partial charge in [-0.25, -0.2) is 0 Å². The van der Waals surface area contributed by atoms with Gasteiger partial charge in [-0.05, 0) is 24.6 Å². The van der Waals surface area contributed by atoms with Crippen molar-refractivity contribution in [3.63, 3.8) is 0 Å². The zero-order valence-corrected chi connectivity index (χ0v) is 10.9. The number of carbonyl (C=O) groups excluding carboxylic acids is 1. The fourth-order valence-corrected chi connectivity index (χ4v) is 1.54. The van der Waals surface area contributed by atoms with E-state index in [2.05, 4.69) is 10.1 Å².